The third kappa shape index (κ3) is 2.00. The normalized spacial score (nSPS) is 29.1. The van der Waals surface area contributed by atoms with Crippen LogP contribution in [0.4, 0.5) is 0 Å². The van der Waals surface area contributed by atoms with Crippen molar-refractivity contribution in [2.24, 2.45) is 5.92 Å². The maximum Gasteiger partial charge on any atom is 0.318 e. The van der Waals surface area contributed by atoms with Gasteiger partial charge in [-0.15, -0.1) is 6.58 Å². The first-order valence-electron chi connectivity index (χ1n) is 6.68. The molecule has 0 amide bonds. The number of hydrogen-bond acceptors (Lipinski definition) is 4. The quantitative estimate of drug-likeness (QED) is 0.613. The van der Waals surface area contributed by atoms with Gasteiger partial charge in [-0.1, -0.05) is 36.4 Å². The standard InChI is InChI=1S/C16H22O4/c1-5-13-11-12-20-16(18-3,19-4)15(13,17-2)14-9-7-6-8-10-14/h5-10,13H,1,11-12H2,2-4H3. The van der Waals surface area contributed by atoms with E-state index in [-0.39, 0.29) is 5.92 Å². The lowest BCUT2D eigenvalue weighted by Crippen LogP contribution is -2.63. The van der Waals surface area contributed by atoms with E-state index in [9.17, 15) is 0 Å². The SMILES string of the molecule is C=CC1CCOC(OC)(OC)C1(OC)c1ccccc1. The molecule has 1 aromatic carbocycles. The molecule has 0 aromatic heterocycles. The molecule has 2 unspecified atom stereocenters. The van der Waals surface area contributed by atoms with Crippen molar-refractivity contribution >= 4 is 0 Å². The van der Waals surface area contributed by atoms with Crippen molar-refractivity contribution in [2.75, 3.05) is 27.9 Å². The summed E-state index contributed by atoms with van der Waals surface area (Å²) >= 11 is 0. The topological polar surface area (TPSA) is 36.9 Å². The third-order valence-corrected chi connectivity index (χ3v) is 4.04. The van der Waals surface area contributed by atoms with Crippen LogP contribution in [0.3, 0.4) is 0 Å². The summed E-state index contributed by atoms with van der Waals surface area (Å²) in [5.74, 6) is -1.27. The molecule has 1 aliphatic rings. The average Bonchev–Trinajstić information content (AvgIpc) is 2.54. The van der Waals surface area contributed by atoms with Crippen LogP contribution >= 0.6 is 0 Å². The summed E-state index contributed by atoms with van der Waals surface area (Å²) in [6, 6.07) is 9.85. The van der Waals surface area contributed by atoms with Crippen molar-refractivity contribution < 1.29 is 18.9 Å². The summed E-state index contributed by atoms with van der Waals surface area (Å²) in [7, 11) is 4.77. The lowest BCUT2D eigenvalue weighted by Gasteiger charge is -2.52. The first-order chi connectivity index (χ1) is 9.70. The average molecular weight is 278 g/mol. The van der Waals surface area contributed by atoms with Crippen LogP contribution in [-0.2, 0) is 24.5 Å². The van der Waals surface area contributed by atoms with Crippen LogP contribution in [0.1, 0.15) is 12.0 Å². The molecule has 1 aliphatic heterocycles. The van der Waals surface area contributed by atoms with Crippen LogP contribution in [0.2, 0.25) is 0 Å². The summed E-state index contributed by atoms with van der Waals surface area (Å²) in [6.07, 6.45) is 2.67. The Kier molecular flexibility index (Phi) is 4.60. The monoisotopic (exact) mass is 278 g/mol. The molecule has 2 atom stereocenters. The number of methoxy groups -OCH3 is 3. The molecule has 4 heteroatoms. The van der Waals surface area contributed by atoms with E-state index in [0.29, 0.717) is 6.61 Å². The second kappa shape index (κ2) is 6.06. The number of ether oxygens (including phenoxy) is 4. The van der Waals surface area contributed by atoms with Gasteiger partial charge in [0.05, 0.1) is 6.61 Å². The van der Waals surface area contributed by atoms with Gasteiger partial charge in [0.2, 0.25) is 0 Å². The molecule has 4 nitrogen and oxygen atoms in total. The minimum absolute atomic E-state index is 0.0172. The number of benzene rings is 1. The van der Waals surface area contributed by atoms with E-state index in [1.807, 2.05) is 36.4 Å². The van der Waals surface area contributed by atoms with Gasteiger partial charge in [-0.25, -0.2) is 0 Å². The van der Waals surface area contributed by atoms with Crippen molar-refractivity contribution in [3.05, 3.63) is 48.6 Å². The van der Waals surface area contributed by atoms with Gasteiger partial charge in [-0.05, 0) is 12.0 Å². The van der Waals surface area contributed by atoms with Crippen LogP contribution in [-0.4, -0.2) is 33.9 Å². The highest BCUT2D eigenvalue weighted by molar-refractivity contribution is 5.28. The Morgan fingerprint density at radius 2 is 1.80 bits per heavy atom. The molecule has 1 heterocycles. The van der Waals surface area contributed by atoms with Crippen molar-refractivity contribution in [2.45, 2.75) is 18.0 Å². The highest BCUT2D eigenvalue weighted by atomic mass is 16.9. The van der Waals surface area contributed by atoms with Gasteiger partial charge in [0.1, 0.15) is 0 Å². The van der Waals surface area contributed by atoms with Crippen molar-refractivity contribution in [1.29, 1.82) is 0 Å². The molecule has 1 aromatic rings. The van der Waals surface area contributed by atoms with E-state index in [1.165, 1.54) is 0 Å². The fourth-order valence-electron chi connectivity index (χ4n) is 3.12. The largest absolute Gasteiger partial charge is 0.364 e. The number of hydrogen-bond donors (Lipinski definition) is 0. The molecular formula is C16H22O4. The molecule has 1 saturated heterocycles. The first-order valence-corrected chi connectivity index (χ1v) is 6.68. The lowest BCUT2D eigenvalue weighted by molar-refractivity contribution is -0.457. The van der Waals surface area contributed by atoms with Crippen LogP contribution < -0.4 is 0 Å². The first kappa shape index (κ1) is 15.2. The summed E-state index contributed by atoms with van der Waals surface area (Å²) in [4.78, 5) is 0. The van der Waals surface area contributed by atoms with E-state index in [0.717, 1.165) is 12.0 Å². The van der Waals surface area contributed by atoms with E-state index in [4.69, 9.17) is 18.9 Å². The molecule has 110 valence electrons. The fraction of sp³-hybridized carbons (Fsp3) is 0.500. The zero-order valence-electron chi connectivity index (χ0n) is 12.3. The Morgan fingerprint density at radius 1 is 1.15 bits per heavy atom. The van der Waals surface area contributed by atoms with Gasteiger partial charge in [0, 0.05) is 27.2 Å². The van der Waals surface area contributed by atoms with Crippen LogP contribution in [0.15, 0.2) is 43.0 Å². The zero-order chi connectivity index (χ0) is 14.6. The predicted octanol–water partition coefficient (Wildman–Crippen LogP) is 2.70. The van der Waals surface area contributed by atoms with E-state index in [2.05, 4.69) is 6.58 Å². The highest BCUT2D eigenvalue weighted by Crippen LogP contribution is 2.50. The Hall–Kier alpha value is -1.20. The second-order valence-electron chi connectivity index (χ2n) is 4.75. The minimum atomic E-state index is -1.29. The van der Waals surface area contributed by atoms with Gasteiger partial charge in [0.15, 0.2) is 5.60 Å². The summed E-state index contributed by atoms with van der Waals surface area (Å²) < 4.78 is 23.0. The highest BCUT2D eigenvalue weighted by Gasteiger charge is 2.62. The summed E-state index contributed by atoms with van der Waals surface area (Å²) in [6.45, 7) is 4.46. The Morgan fingerprint density at radius 3 is 2.30 bits per heavy atom. The van der Waals surface area contributed by atoms with E-state index in [1.54, 1.807) is 21.3 Å². The molecule has 0 radical (unpaired) electrons. The molecule has 0 saturated carbocycles. The van der Waals surface area contributed by atoms with Gasteiger partial charge in [0.25, 0.3) is 0 Å². The smallest absolute Gasteiger partial charge is 0.318 e. The second-order valence-corrected chi connectivity index (χ2v) is 4.75. The summed E-state index contributed by atoms with van der Waals surface area (Å²) in [5, 5.41) is 0. The van der Waals surface area contributed by atoms with Crippen LogP contribution in [0, 0.1) is 5.92 Å². The Balaban J connectivity index is 2.65. The van der Waals surface area contributed by atoms with Crippen LogP contribution in [0.25, 0.3) is 0 Å². The molecule has 0 aliphatic carbocycles. The van der Waals surface area contributed by atoms with Crippen molar-refractivity contribution in [3.63, 3.8) is 0 Å². The number of rotatable bonds is 5. The van der Waals surface area contributed by atoms with E-state index >= 15 is 0 Å². The molecule has 0 bridgehead atoms. The van der Waals surface area contributed by atoms with Crippen LogP contribution in [0.5, 0.6) is 0 Å². The molecular weight excluding hydrogens is 256 g/mol. The fourth-order valence-corrected chi connectivity index (χ4v) is 3.12. The lowest BCUT2D eigenvalue weighted by atomic mass is 9.75. The summed E-state index contributed by atoms with van der Waals surface area (Å²) in [5.41, 5.74) is 0.0494. The van der Waals surface area contributed by atoms with E-state index < -0.39 is 11.6 Å². The molecule has 1 fully saturated rings. The maximum atomic E-state index is 5.92. The third-order valence-electron chi connectivity index (χ3n) is 4.04. The maximum absolute atomic E-state index is 5.92. The molecule has 0 spiro atoms. The van der Waals surface area contributed by atoms with Gasteiger partial charge < -0.3 is 18.9 Å². The van der Waals surface area contributed by atoms with Crippen molar-refractivity contribution in [3.8, 4) is 0 Å². The van der Waals surface area contributed by atoms with Crippen molar-refractivity contribution in [1.82, 2.24) is 0 Å². The molecule has 20 heavy (non-hydrogen) atoms. The van der Waals surface area contributed by atoms with Gasteiger partial charge >= 0.3 is 5.97 Å². The Labute approximate surface area is 120 Å². The molecule has 0 N–H and O–H groups in total. The van der Waals surface area contributed by atoms with Gasteiger partial charge in [-0.2, -0.15) is 0 Å². The zero-order valence-corrected chi connectivity index (χ0v) is 12.3. The van der Waals surface area contributed by atoms with Gasteiger partial charge in [-0.3, -0.25) is 0 Å². The Bertz CT molecular complexity index is 441. The molecule has 2 rings (SSSR count). The minimum Gasteiger partial charge on any atom is -0.364 e. The predicted molar refractivity (Wildman–Crippen MR) is 76.1 cm³/mol.